The Hall–Kier alpha value is -4.13. The fourth-order valence-corrected chi connectivity index (χ4v) is 2.74. The van der Waals surface area contributed by atoms with E-state index in [4.69, 9.17) is 26.8 Å². The molecule has 0 spiro atoms. The minimum atomic E-state index is -4.59. The fraction of sp³-hybridized carbons (Fsp3) is 0.150. The lowest BCUT2D eigenvalue weighted by Crippen LogP contribution is -2.30. The number of amides is 1. The summed E-state index contributed by atoms with van der Waals surface area (Å²) in [6.07, 6.45) is -4.97. The van der Waals surface area contributed by atoms with Crippen molar-refractivity contribution in [3.8, 4) is 17.4 Å². The van der Waals surface area contributed by atoms with Gasteiger partial charge in [0.1, 0.15) is 22.3 Å². The Kier molecular flexibility index (Phi) is 7.05. The van der Waals surface area contributed by atoms with Gasteiger partial charge in [-0.05, 0) is 43.3 Å². The molecule has 2 heterocycles. The quantitative estimate of drug-likeness (QED) is 0.349. The number of ether oxygens (including phenoxy) is 2. The minimum Gasteiger partial charge on any atom is -0.481 e. The Labute approximate surface area is 194 Å². The van der Waals surface area contributed by atoms with Gasteiger partial charge in [-0.15, -0.1) is 0 Å². The van der Waals surface area contributed by atoms with E-state index in [0.29, 0.717) is 12.3 Å². The fourth-order valence-electron chi connectivity index (χ4n) is 2.53. The SMILES string of the molecule is CC(Oc1ccc(Oc2ncc(C(F)(F)F)cc2Cl)cc1)C(=O)Nc1ccc([N+](=O)[O-])c(N)n1. The maximum absolute atomic E-state index is 12.7. The molecular formula is C20H15ClF3N5O5. The van der Waals surface area contributed by atoms with E-state index in [1.807, 2.05) is 0 Å². The zero-order valence-corrected chi connectivity index (χ0v) is 17.9. The van der Waals surface area contributed by atoms with Crippen LogP contribution in [0.3, 0.4) is 0 Å². The molecule has 3 N–H and O–H groups in total. The van der Waals surface area contributed by atoms with E-state index in [1.165, 1.54) is 37.3 Å². The third-order valence-corrected chi connectivity index (χ3v) is 4.48. The van der Waals surface area contributed by atoms with Crippen LogP contribution in [0.4, 0.5) is 30.5 Å². The molecule has 3 rings (SSSR count). The highest BCUT2D eigenvalue weighted by Gasteiger charge is 2.31. The van der Waals surface area contributed by atoms with Crippen LogP contribution in [0, 0.1) is 10.1 Å². The molecular weight excluding hydrogens is 483 g/mol. The van der Waals surface area contributed by atoms with Crippen molar-refractivity contribution in [1.82, 2.24) is 9.97 Å². The molecule has 1 amide bonds. The topological polar surface area (TPSA) is 142 Å². The predicted molar refractivity (Wildman–Crippen MR) is 115 cm³/mol. The average Bonchev–Trinajstić information content (AvgIpc) is 2.75. The maximum atomic E-state index is 12.7. The molecule has 0 radical (unpaired) electrons. The first kappa shape index (κ1) is 24.5. The van der Waals surface area contributed by atoms with Crippen LogP contribution in [-0.2, 0) is 11.0 Å². The van der Waals surface area contributed by atoms with Crippen molar-refractivity contribution in [2.45, 2.75) is 19.2 Å². The monoisotopic (exact) mass is 497 g/mol. The standard InChI is InChI=1S/C20H15ClF3N5O5/c1-10(18(30)28-16-7-6-15(29(31)32)17(25)27-16)33-12-2-4-13(5-3-12)34-19-14(21)8-11(9-26-19)20(22,23)24/h2-10H,1H3,(H3,25,27,28,30). The largest absolute Gasteiger partial charge is 0.481 e. The summed E-state index contributed by atoms with van der Waals surface area (Å²) in [5.41, 5.74) is 4.09. The van der Waals surface area contributed by atoms with Crippen LogP contribution in [0.25, 0.3) is 0 Å². The number of carbonyl (C=O) groups excluding carboxylic acids is 1. The second-order valence-electron chi connectivity index (χ2n) is 6.69. The summed E-state index contributed by atoms with van der Waals surface area (Å²) in [6, 6.07) is 8.83. The van der Waals surface area contributed by atoms with E-state index < -0.39 is 34.4 Å². The van der Waals surface area contributed by atoms with E-state index in [9.17, 15) is 28.1 Å². The highest BCUT2D eigenvalue weighted by atomic mass is 35.5. The van der Waals surface area contributed by atoms with E-state index >= 15 is 0 Å². The Morgan fingerprint density at radius 3 is 2.41 bits per heavy atom. The number of aromatic nitrogens is 2. The number of alkyl halides is 3. The van der Waals surface area contributed by atoms with E-state index in [1.54, 1.807) is 0 Å². The second-order valence-corrected chi connectivity index (χ2v) is 7.10. The number of halogens is 4. The Balaban J connectivity index is 1.60. The van der Waals surface area contributed by atoms with Gasteiger partial charge in [-0.2, -0.15) is 13.2 Å². The molecule has 14 heteroatoms. The smallest absolute Gasteiger partial charge is 0.417 e. The molecule has 0 aliphatic heterocycles. The van der Waals surface area contributed by atoms with Crippen LogP contribution in [0.1, 0.15) is 12.5 Å². The van der Waals surface area contributed by atoms with Gasteiger partial charge in [0.25, 0.3) is 5.91 Å². The number of pyridine rings is 2. The number of nitrogens with one attached hydrogen (secondary N) is 1. The molecule has 1 atom stereocenters. The van der Waals surface area contributed by atoms with Gasteiger partial charge in [0, 0.05) is 12.3 Å². The van der Waals surface area contributed by atoms with Gasteiger partial charge >= 0.3 is 11.9 Å². The first-order chi connectivity index (χ1) is 15.9. The van der Waals surface area contributed by atoms with Crippen molar-refractivity contribution in [1.29, 1.82) is 0 Å². The number of nitrogens with two attached hydrogens (primary N) is 1. The van der Waals surface area contributed by atoms with Gasteiger partial charge in [0.05, 0.1) is 10.5 Å². The third kappa shape index (κ3) is 6.01. The van der Waals surface area contributed by atoms with Crippen LogP contribution in [0.15, 0.2) is 48.7 Å². The molecule has 1 aromatic carbocycles. The van der Waals surface area contributed by atoms with Gasteiger partial charge in [0.15, 0.2) is 6.10 Å². The molecule has 1 unspecified atom stereocenters. The minimum absolute atomic E-state index is 0.00761. The van der Waals surface area contributed by atoms with Crippen LogP contribution in [0.2, 0.25) is 5.02 Å². The summed E-state index contributed by atoms with van der Waals surface area (Å²) < 4.78 is 49.0. The summed E-state index contributed by atoms with van der Waals surface area (Å²) in [5.74, 6) is -0.669. The number of hydrogen-bond acceptors (Lipinski definition) is 8. The first-order valence-corrected chi connectivity index (χ1v) is 9.71. The van der Waals surface area contributed by atoms with E-state index in [2.05, 4.69) is 15.3 Å². The number of nitrogens with zero attached hydrogens (tertiary/aromatic N) is 3. The van der Waals surface area contributed by atoms with Gasteiger partial charge < -0.3 is 20.5 Å². The number of rotatable bonds is 7. The summed E-state index contributed by atoms with van der Waals surface area (Å²) in [6.45, 7) is 1.46. The molecule has 2 aromatic heterocycles. The van der Waals surface area contributed by atoms with Gasteiger partial charge in [0.2, 0.25) is 11.7 Å². The van der Waals surface area contributed by atoms with E-state index in [-0.39, 0.29) is 34.0 Å². The molecule has 0 fully saturated rings. The summed E-state index contributed by atoms with van der Waals surface area (Å²) in [7, 11) is 0. The molecule has 3 aromatic rings. The lowest BCUT2D eigenvalue weighted by atomic mass is 10.3. The van der Waals surface area contributed by atoms with Crippen molar-refractivity contribution in [2.24, 2.45) is 0 Å². The Morgan fingerprint density at radius 1 is 1.21 bits per heavy atom. The van der Waals surface area contributed by atoms with Gasteiger partial charge in [-0.25, -0.2) is 9.97 Å². The van der Waals surface area contributed by atoms with Crippen LogP contribution >= 0.6 is 11.6 Å². The van der Waals surface area contributed by atoms with E-state index in [0.717, 1.165) is 6.07 Å². The van der Waals surface area contributed by atoms with Crippen molar-refractivity contribution >= 4 is 34.8 Å². The normalized spacial score (nSPS) is 12.0. The van der Waals surface area contributed by atoms with Crippen LogP contribution in [-0.4, -0.2) is 26.9 Å². The van der Waals surface area contributed by atoms with Crippen molar-refractivity contribution < 1.29 is 32.4 Å². The highest BCUT2D eigenvalue weighted by Crippen LogP contribution is 2.35. The lowest BCUT2D eigenvalue weighted by Gasteiger charge is -2.15. The number of nitro groups is 1. The average molecular weight is 498 g/mol. The molecule has 0 aliphatic carbocycles. The molecule has 10 nitrogen and oxygen atoms in total. The number of carbonyl (C=O) groups is 1. The molecule has 178 valence electrons. The zero-order valence-electron chi connectivity index (χ0n) is 17.2. The lowest BCUT2D eigenvalue weighted by molar-refractivity contribution is -0.384. The molecule has 0 aliphatic rings. The number of benzene rings is 1. The van der Waals surface area contributed by atoms with Crippen LogP contribution < -0.4 is 20.5 Å². The van der Waals surface area contributed by atoms with Crippen molar-refractivity contribution in [2.75, 3.05) is 11.1 Å². The summed E-state index contributed by atoms with van der Waals surface area (Å²) in [4.78, 5) is 29.7. The van der Waals surface area contributed by atoms with Crippen molar-refractivity contribution in [3.63, 3.8) is 0 Å². The number of hydrogen-bond donors (Lipinski definition) is 2. The zero-order chi connectivity index (χ0) is 25.0. The van der Waals surface area contributed by atoms with Gasteiger partial charge in [-0.3, -0.25) is 14.9 Å². The highest BCUT2D eigenvalue weighted by molar-refractivity contribution is 6.31. The van der Waals surface area contributed by atoms with Crippen LogP contribution in [0.5, 0.6) is 17.4 Å². The Morgan fingerprint density at radius 2 is 1.85 bits per heavy atom. The first-order valence-electron chi connectivity index (χ1n) is 9.33. The third-order valence-electron chi connectivity index (χ3n) is 4.21. The predicted octanol–water partition coefficient (Wildman–Crippen LogP) is 4.84. The molecule has 34 heavy (non-hydrogen) atoms. The number of anilines is 2. The second kappa shape index (κ2) is 9.79. The summed E-state index contributed by atoms with van der Waals surface area (Å²) in [5, 5.41) is 12.9. The van der Waals surface area contributed by atoms with Crippen molar-refractivity contribution in [3.05, 3.63) is 69.4 Å². The Bertz CT molecular complexity index is 1220. The summed E-state index contributed by atoms with van der Waals surface area (Å²) >= 11 is 5.82. The van der Waals surface area contributed by atoms with Gasteiger partial charge in [-0.1, -0.05) is 11.6 Å². The molecule has 0 saturated carbocycles. The molecule has 0 bridgehead atoms. The molecule has 0 saturated heterocycles. The number of nitrogen functional groups attached to an aromatic ring is 1. The maximum Gasteiger partial charge on any atom is 0.417 e.